The van der Waals surface area contributed by atoms with E-state index in [4.69, 9.17) is 0 Å². The molecule has 1 aromatic heterocycles. The number of thioether (sulfide) groups is 1. The lowest BCUT2D eigenvalue weighted by molar-refractivity contribution is -0.113. The van der Waals surface area contributed by atoms with Gasteiger partial charge in [0.1, 0.15) is 0 Å². The van der Waals surface area contributed by atoms with Gasteiger partial charge in [-0.15, -0.1) is 11.3 Å². The van der Waals surface area contributed by atoms with E-state index < -0.39 is 0 Å². The Morgan fingerprint density at radius 3 is 3.23 bits per heavy atom. The topological polar surface area (TPSA) is 42.0 Å². The number of nitrogens with one attached hydrogen (secondary N) is 1. The summed E-state index contributed by atoms with van der Waals surface area (Å²) >= 11 is 3.09. The Morgan fingerprint density at radius 2 is 2.62 bits per heavy atom. The molecule has 0 aliphatic carbocycles. The monoisotopic (exact) mass is 216 g/mol. The van der Waals surface area contributed by atoms with E-state index in [0.29, 0.717) is 10.9 Å². The van der Waals surface area contributed by atoms with Crippen LogP contribution in [-0.4, -0.2) is 22.4 Å². The van der Waals surface area contributed by atoms with E-state index >= 15 is 0 Å². The van der Waals surface area contributed by atoms with Crippen LogP contribution in [0.1, 0.15) is 13.3 Å². The van der Waals surface area contributed by atoms with Crippen LogP contribution in [0.25, 0.3) is 0 Å². The molecule has 0 radical (unpaired) electrons. The van der Waals surface area contributed by atoms with Crippen LogP contribution in [0.2, 0.25) is 0 Å². The number of hydrogen-bond acceptors (Lipinski definition) is 4. The van der Waals surface area contributed by atoms with Gasteiger partial charge in [-0.25, -0.2) is 4.98 Å². The number of rotatable bonds is 5. The summed E-state index contributed by atoms with van der Waals surface area (Å²) in [4.78, 5) is 15.2. The minimum Gasteiger partial charge on any atom is -0.301 e. The van der Waals surface area contributed by atoms with Gasteiger partial charge in [0.05, 0.1) is 5.75 Å². The molecule has 0 bridgehead atoms. The summed E-state index contributed by atoms with van der Waals surface area (Å²) in [5.41, 5.74) is 0. The predicted molar refractivity (Wildman–Crippen MR) is 58.4 cm³/mol. The van der Waals surface area contributed by atoms with E-state index in [-0.39, 0.29) is 5.91 Å². The molecule has 0 unspecified atom stereocenters. The summed E-state index contributed by atoms with van der Waals surface area (Å²) in [6, 6.07) is 0. The first-order valence-corrected chi connectivity index (χ1v) is 6.13. The van der Waals surface area contributed by atoms with E-state index in [1.807, 2.05) is 5.38 Å². The third-order valence-electron chi connectivity index (χ3n) is 1.26. The van der Waals surface area contributed by atoms with Crippen molar-refractivity contribution in [2.45, 2.75) is 13.3 Å². The summed E-state index contributed by atoms with van der Waals surface area (Å²) in [6.07, 6.45) is 2.79. The molecule has 3 nitrogen and oxygen atoms in total. The normalized spacial score (nSPS) is 9.92. The first kappa shape index (κ1) is 10.5. The third kappa shape index (κ3) is 4.28. The summed E-state index contributed by atoms with van der Waals surface area (Å²) in [5.74, 6) is 1.59. The van der Waals surface area contributed by atoms with Crippen LogP contribution in [0.3, 0.4) is 0 Å². The van der Waals surface area contributed by atoms with Gasteiger partial charge >= 0.3 is 0 Å². The molecule has 0 fully saturated rings. The van der Waals surface area contributed by atoms with Crippen LogP contribution in [-0.2, 0) is 4.79 Å². The Bertz CT molecular complexity index is 249. The van der Waals surface area contributed by atoms with E-state index in [0.717, 1.165) is 12.2 Å². The predicted octanol–water partition coefficient (Wildman–Crippen LogP) is 2.22. The van der Waals surface area contributed by atoms with Gasteiger partial charge < -0.3 is 5.32 Å². The highest BCUT2D eigenvalue weighted by molar-refractivity contribution is 7.99. The number of anilines is 1. The van der Waals surface area contributed by atoms with Crippen molar-refractivity contribution in [1.29, 1.82) is 0 Å². The molecule has 0 saturated carbocycles. The Labute approximate surface area is 86.0 Å². The fourth-order valence-electron chi connectivity index (χ4n) is 0.750. The zero-order chi connectivity index (χ0) is 9.52. The lowest BCUT2D eigenvalue weighted by Crippen LogP contribution is -2.13. The van der Waals surface area contributed by atoms with E-state index in [1.54, 1.807) is 18.0 Å². The van der Waals surface area contributed by atoms with Gasteiger partial charge in [0.15, 0.2) is 5.13 Å². The Hall–Kier alpha value is -0.550. The van der Waals surface area contributed by atoms with Gasteiger partial charge in [-0.2, -0.15) is 11.8 Å². The van der Waals surface area contributed by atoms with Crippen molar-refractivity contribution in [2.75, 3.05) is 16.8 Å². The van der Waals surface area contributed by atoms with Crippen molar-refractivity contribution in [3.63, 3.8) is 0 Å². The molecule has 13 heavy (non-hydrogen) atoms. The number of nitrogens with zero attached hydrogens (tertiary/aromatic N) is 1. The zero-order valence-corrected chi connectivity index (χ0v) is 9.08. The fourth-order valence-corrected chi connectivity index (χ4v) is 1.99. The quantitative estimate of drug-likeness (QED) is 0.767. The lowest BCUT2D eigenvalue weighted by atomic mass is 10.6. The average Bonchev–Trinajstić information content (AvgIpc) is 2.57. The molecule has 0 spiro atoms. The minimum atomic E-state index is 0.0356. The second-order valence-corrected chi connectivity index (χ2v) is 4.44. The Morgan fingerprint density at radius 1 is 1.77 bits per heavy atom. The first-order valence-electron chi connectivity index (χ1n) is 4.10. The molecule has 1 aromatic rings. The number of carbonyl (C=O) groups excluding carboxylic acids is 1. The maximum Gasteiger partial charge on any atom is 0.236 e. The summed E-state index contributed by atoms with van der Waals surface area (Å²) < 4.78 is 0. The maximum atomic E-state index is 11.2. The van der Waals surface area contributed by atoms with Gasteiger partial charge in [-0.05, 0) is 12.2 Å². The highest BCUT2D eigenvalue weighted by Crippen LogP contribution is 2.11. The number of amides is 1. The largest absolute Gasteiger partial charge is 0.301 e. The molecule has 5 heteroatoms. The van der Waals surface area contributed by atoms with E-state index in [9.17, 15) is 4.79 Å². The molecular weight excluding hydrogens is 204 g/mol. The molecule has 0 aliphatic heterocycles. The third-order valence-corrected chi connectivity index (χ3v) is 3.11. The molecule has 1 amide bonds. The summed E-state index contributed by atoms with van der Waals surface area (Å²) in [7, 11) is 0. The van der Waals surface area contributed by atoms with Crippen LogP contribution in [0, 0.1) is 0 Å². The molecule has 0 saturated heterocycles. The molecule has 1 rings (SSSR count). The van der Waals surface area contributed by atoms with Gasteiger partial charge in [0, 0.05) is 11.6 Å². The van der Waals surface area contributed by atoms with Crippen molar-refractivity contribution in [3.8, 4) is 0 Å². The molecule has 1 heterocycles. The fraction of sp³-hybridized carbons (Fsp3) is 0.500. The second-order valence-electron chi connectivity index (χ2n) is 2.44. The van der Waals surface area contributed by atoms with Crippen LogP contribution in [0.5, 0.6) is 0 Å². The van der Waals surface area contributed by atoms with Crippen molar-refractivity contribution in [1.82, 2.24) is 4.98 Å². The Kier molecular flexibility index (Phi) is 4.85. The Balaban J connectivity index is 2.18. The van der Waals surface area contributed by atoms with Crippen LogP contribution >= 0.6 is 23.1 Å². The SMILES string of the molecule is CCCSCC(=O)Nc1nccs1. The molecule has 0 atom stereocenters. The first-order chi connectivity index (χ1) is 6.33. The molecular formula is C8H12N2OS2. The molecule has 1 N–H and O–H groups in total. The lowest BCUT2D eigenvalue weighted by Gasteiger charge is -1.99. The van der Waals surface area contributed by atoms with Gasteiger partial charge in [0.25, 0.3) is 0 Å². The number of aromatic nitrogens is 1. The van der Waals surface area contributed by atoms with Gasteiger partial charge in [-0.1, -0.05) is 6.92 Å². The van der Waals surface area contributed by atoms with Gasteiger partial charge in [0.2, 0.25) is 5.91 Å². The van der Waals surface area contributed by atoms with Crippen molar-refractivity contribution >= 4 is 34.1 Å². The number of hydrogen-bond donors (Lipinski definition) is 1. The highest BCUT2D eigenvalue weighted by atomic mass is 32.2. The van der Waals surface area contributed by atoms with Crippen LogP contribution in [0.4, 0.5) is 5.13 Å². The molecule has 0 aromatic carbocycles. The van der Waals surface area contributed by atoms with Crippen molar-refractivity contribution in [3.05, 3.63) is 11.6 Å². The zero-order valence-electron chi connectivity index (χ0n) is 7.45. The van der Waals surface area contributed by atoms with Crippen LogP contribution in [0.15, 0.2) is 11.6 Å². The summed E-state index contributed by atoms with van der Waals surface area (Å²) in [6.45, 7) is 2.10. The minimum absolute atomic E-state index is 0.0356. The highest BCUT2D eigenvalue weighted by Gasteiger charge is 2.02. The second kappa shape index (κ2) is 5.99. The molecule has 72 valence electrons. The van der Waals surface area contributed by atoms with Crippen LogP contribution < -0.4 is 5.32 Å². The van der Waals surface area contributed by atoms with E-state index in [1.165, 1.54) is 11.3 Å². The van der Waals surface area contributed by atoms with Gasteiger partial charge in [-0.3, -0.25) is 4.79 Å². The summed E-state index contributed by atoms with van der Waals surface area (Å²) in [5, 5.41) is 5.25. The maximum absolute atomic E-state index is 11.2. The van der Waals surface area contributed by atoms with Crippen molar-refractivity contribution < 1.29 is 4.79 Å². The van der Waals surface area contributed by atoms with Crippen molar-refractivity contribution in [2.24, 2.45) is 0 Å². The average molecular weight is 216 g/mol. The van der Waals surface area contributed by atoms with E-state index in [2.05, 4.69) is 17.2 Å². The smallest absolute Gasteiger partial charge is 0.236 e. The number of thiazole rings is 1. The molecule has 0 aliphatic rings. The number of carbonyl (C=O) groups is 1. The standard InChI is InChI=1S/C8H12N2OS2/c1-2-4-12-6-7(11)10-8-9-3-5-13-8/h3,5H,2,4,6H2,1H3,(H,9,10,11).